The molecule has 0 aliphatic heterocycles. The summed E-state index contributed by atoms with van der Waals surface area (Å²) in [6.45, 7) is 6.33. The van der Waals surface area contributed by atoms with Gasteiger partial charge in [-0.2, -0.15) is 5.10 Å². The molecule has 0 aliphatic rings. The number of unbranched alkanes of at least 4 members (excludes halogenated alkanes) is 10. The summed E-state index contributed by atoms with van der Waals surface area (Å²) in [7, 11) is 0. The van der Waals surface area contributed by atoms with Gasteiger partial charge in [0.05, 0.1) is 6.21 Å². The lowest BCUT2D eigenvalue weighted by atomic mass is 10.1. The molecule has 0 bridgehead atoms. The molecule has 1 rings (SSSR count). The summed E-state index contributed by atoms with van der Waals surface area (Å²) >= 11 is 3.44. The highest BCUT2D eigenvalue weighted by atomic mass is 79.9. The smallest absolute Gasteiger partial charge is 0.240 e. The summed E-state index contributed by atoms with van der Waals surface area (Å²) in [4.78, 5) is 11.9. The Kier molecular flexibility index (Phi) is 15.1. The number of hydrogen-bond donors (Lipinski definition) is 1. The molecular weight excluding hydrogens is 428 g/mol. The number of amides is 1. The van der Waals surface area contributed by atoms with Crippen LogP contribution < -0.4 is 10.2 Å². The standard InChI is InChI=1S/C24H37BrN2O2/c1-3-5-6-7-8-9-10-11-12-13-14-15-24(28)27-26-20-21-19-22(25)16-17-23(21)29-18-4-2/h4,16-17,19-20H,2-3,5-15,18H2,1H3,(H,27,28)/b26-20-. The van der Waals surface area contributed by atoms with E-state index >= 15 is 0 Å². The van der Waals surface area contributed by atoms with Gasteiger partial charge < -0.3 is 4.74 Å². The molecule has 1 amide bonds. The van der Waals surface area contributed by atoms with Crippen LogP contribution in [-0.2, 0) is 4.79 Å². The van der Waals surface area contributed by atoms with Crippen LogP contribution >= 0.6 is 15.9 Å². The quantitative estimate of drug-likeness (QED) is 0.115. The van der Waals surface area contributed by atoms with Crippen LogP contribution in [0.3, 0.4) is 0 Å². The van der Waals surface area contributed by atoms with Crippen molar-refractivity contribution in [3.8, 4) is 5.75 Å². The number of benzene rings is 1. The fourth-order valence-corrected chi connectivity index (χ4v) is 3.46. The molecule has 1 aromatic carbocycles. The molecule has 1 aromatic rings. The lowest BCUT2D eigenvalue weighted by molar-refractivity contribution is -0.121. The van der Waals surface area contributed by atoms with Crippen LogP contribution in [-0.4, -0.2) is 18.7 Å². The Morgan fingerprint density at radius 3 is 2.31 bits per heavy atom. The molecule has 0 saturated carbocycles. The Hall–Kier alpha value is -1.62. The highest BCUT2D eigenvalue weighted by molar-refractivity contribution is 9.10. The fraction of sp³-hybridized carbons (Fsp3) is 0.583. The molecule has 0 heterocycles. The number of halogens is 1. The van der Waals surface area contributed by atoms with Crippen molar-refractivity contribution in [3.63, 3.8) is 0 Å². The largest absolute Gasteiger partial charge is 0.489 e. The number of carbonyl (C=O) groups is 1. The number of nitrogens with zero attached hydrogens (tertiary/aromatic N) is 1. The average molecular weight is 465 g/mol. The Labute approximate surface area is 185 Å². The molecule has 5 heteroatoms. The number of ether oxygens (including phenoxy) is 1. The van der Waals surface area contributed by atoms with E-state index < -0.39 is 0 Å². The number of hydrogen-bond acceptors (Lipinski definition) is 3. The Bertz CT molecular complexity index is 617. The van der Waals surface area contributed by atoms with Crippen molar-refractivity contribution in [1.29, 1.82) is 0 Å². The van der Waals surface area contributed by atoms with Crippen LogP contribution in [0.25, 0.3) is 0 Å². The highest BCUT2D eigenvalue weighted by Gasteiger charge is 2.03. The van der Waals surface area contributed by atoms with Crippen LogP contribution in [0.2, 0.25) is 0 Å². The SMILES string of the molecule is C=CCOc1ccc(Br)cc1/C=N\NC(=O)CCCCCCCCCCCCC. The predicted molar refractivity (Wildman–Crippen MR) is 127 cm³/mol. The van der Waals surface area contributed by atoms with E-state index in [0.29, 0.717) is 18.8 Å². The zero-order valence-corrected chi connectivity index (χ0v) is 19.5. The van der Waals surface area contributed by atoms with Crippen molar-refractivity contribution in [2.45, 2.75) is 84.0 Å². The maximum absolute atomic E-state index is 11.9. The van der Waals surface area contributed by atoms with E-state index in [1.54, 1.807) is 12.3 Å². The molecule has 29 heavy (non-hydrogen) atoms. The minimum Gasteiger partial charge on any atom is -0.489 e. The van der Waals surface area contributed by atoms with E-state index in [1.807, 2.05) is 18.2 Å². The molecule has 0 fully saturated rings. The van der Waals surface area contributed by atoms with Gasteiger partial charge in [0.25, 0.3) is 0 Å². The molecule has 0 saturated heterocycles. The second-order valence-corrected chi connectivity index (χ2v) is 8.28. The first kappa shape index (κ1) is 25.4. The van der Waals surface area contributed by atoms with Crippen molar-refractivity contribution < 1.29 is 9.53 Å². The molecule has 0 aromatic heterocycles. The van der Waals surface area contributed by atoms with Crippen LogP contribution in [0.5, 0.6) is 5.75 Å². The van der Waals surface area contributed by atoms with Crippen molar-refractivity contribution in [2.75, 3.05) is 6.61 Å². The molecule has 4 nitrogen and oxygen atoms in total. The zero-order chi connectivity index (χ0) is 21.2. The lowest BCUT2D eigenvalue weighted by Crippen LogP contribution is -2.17. The maximum atomic E-state index is 11.9. The van der Waals surface area contributed by atoms with Gasteiger partial charge in [-0.1, -0.05) is 99.7 Å². The second-order valence-electron chi connectivity index (χ2n) is 7.36. The van der Waals surface area contributed by atoms with Gasteiger partial charge in [-0.25, -0.2) is 5.43 Å². The van der Waals surface area contributed by atoms with Gasteiger partial charge in [-0.05, 0) is 24.6 Å². The molecule has 0 radical (unpaired) electrons. The molecule has 0 spiro atoms. The van der Waals surface area contributed by atoms with Crippen molar-refractivity contribution >= 4 is 28.1 Å². The molecular formula is C24H37BrN2O2. The van der Waals surface area contributed by atoms with E-state index in [1.165, 1.54) is 57.8 Å². The Balaban J connectivity index is 2.14. The molecule has 0 aliphatic carbocycles. The Morgan fingerprint density at radius 1 is 1.07 bits per heavy atom. The zero-order valence-electron chi connectivity index (χ0n) is 17.9. The van der Waals surface area contributed by atoms with Crippen molar-refractivity contribution in [1.82, 2.24) is 5.43 Å². The first-order chi connectivity index (χ1) is 14.2. The fourth-order valence-electron chi connectivity index (χ4n) is 3.08. The monoisotopic (exact) mass is 464 g/mol. The summed E-state index contributed by atoms with van der Waals surface area (Å²) in [6.07, 6.45) is 17.9. The van der Waals surface area contributed by atoms with Crippen molar-refractivity contribution in [3.05, 3.63) is 40.9 Å². The van der Waals surface area contributed by atoms with Crippen LogP contribution in [0.4, 0.5) is 0 Å². The number of carbonyl (C=O) groups excluding carboxylic acids is 1. The van der Waals surface area contributed by atoms with Crippen LogP contribution in [0, 0.1) is 0 Å². The van der Waals surface area contributed by atoms with E-state index in [9.17, 15) is 4.79 Å². The van der Waals surface area contributed by atoms with Gasteiger partial charge in [0, 0.05) is 16.5 Å². The highest BCUT2D eigenvalue weighted by Crippen LogP contribution is 2.21. The Morgan fingerprint density at radius 2 is 1.69 bits per heavy atom. The van der Waals surface area contributed by atoms with Gasteiger partial charge in [0.1, 0.15) is 12.4 Å². The summed E-state index contributed by atoms with van der Waals surface area (Å²) in [6, 6.07) is 5.67. The van der Waals surface area contributed by atoms with Crippen molar-refractivity contribution in [2.24, 2.45) is 5.10 Å². The molecule has 0 unspecified atom stereocenters. The summed E-state index contributed by atoms with van der Waals surface area (Å²) in [5, 5.41) is 4.07. The average Bonchev–Trinajstić information content (AvgIpc) is 2.71. The minimum absolute atomic E-state index is 0.0410. The van der Waals surface area contributed by atoms with Crippen LogP contribution in [0.1, 0.15) is 89.5 Å². The van der Waals surface area contributed by atoms with E-state index in [2.05, 4.69) is 40.0 Å². The van der Waals surface area contributed by atoms with Crippen LogP contribution in [0.15, 0.2) is 40.4 Å². The van der Waals surface area contributed by atoms with Gasteiger partial charge in [-0.15, -0.1) is 0 Å². The summed E-state index contributed by atoms with van der Waals surface area (Å²) in [5.74, 6) is 0.664. The third-order valence-corrected chi connectivity index (χ3v) is 5.22. The van der Waals surface area contributed by atoms with Gasteiger partial charge in [-0.3, -0.25) is 4.79 Å². The number of nitrogens with one attached hydrogen (secondary N) is 1. The van der Waals surface area contributed by atoms with E-state index in [0.717, 1.165) is 22.9 Å². The van der Waals surface area contributed by atoms with Gasteiger partial charge in [0.2, 0.25) is 5.91 Å². The van der Waals surface area contributed by atoms with E-state index in [-0.39, 0.29) is 5.91 Å². The third kappa shape index (κ3) is 13.3. The van der Waals surface area contributed by atoms with Gasteiger partial charge in [0.15, 0.2) is 0 Å². The molecule has 162 valence electrons. The van der Waals surface area contributed by atoms with E-state index in [4.69, 9.17) is 4.74 Å². The van der Waals surface area contributed by atoms with Gasteiger partial charge >= 0.3 is 0 Å². The number of hydrazone groups is 1. The second kappa shape index (κ2) is 17.3. The first-order valence-corrected chi connectivity index (χ1v) is 11.8. The predicted octanol–water partition coefficient (Wildman–Crippen LogP) is 7.17. The molecule has 1 N–H and O–H groups in total. The maximum Gasteiger partial charge on any atom is 0.240 e. The first-order valence-electron chi connectivity index (χ1n) is 11.0. The molecule has 0 atom stereocenters. The lowest BCUT2D eigenvalue weighted by Gasteiger charge is -2.07. The summed E-state index contributed by atoms with van der Waals surface area (Å²) in [5.41, 5.74) is 3.41. The minimum atomic E-state index is -0.0410. The summed E-state index contributed by atoms with van der Waals surface area (Å²) < 4.78 is 6.53. The third-order valence-electron chi connectivity index (χ3n) is 4.73. The normalized spacial score (nSPS) is 11.0. The topological polar surface area (TPSA) is 50.7 Å². The number of rotatable bonds is 17.